The van der Waals surface area contributed by atoms with E-state index >= 15 is 0 Å². The van der Waals surface area contributed by atoms with Gasteiger partial charge in [-0.2, -0.15) is 5.10 Å². The number of hydrogen-bond acceptors (Lipinski definition) is 5. The quantitative estimate of drug-likeness (QED) is 0.257. The number of carbonyl (C=O) groups is 1. The van der Waals surface area contributed by atoms with Crippen LogP contribution in [-0.2, 0) is 17.8 Å². The highest BCUT2D eigenvalue weighted by molar-refractivity contribution is 9.10. The zero-order valence-corrected chi connectivity index (χ0v) is 18.5. The fourth-order valence-corrected chi connectivity index (χ4v) is 3.07. The molecule has 0 aliphatic rings. The molecule has 0 spiro atoms. The van der Waals surface area contributed by atoms with E-state index in [1.807, 2.05) is 24.3 Å². The van der Waals surface area contributed by atoms with Crippen LogP contribution in [0.5, 0.6) is 5.75 Å². The van der Waals surface area contributed by atoms with Crippen LogP contribution in [0.1, 0.15) is 16.7 Å². The highest BCUT2D eigenvalue weighted by Gasteiger charge is 2.07. The topological polar surface area (TPSA) is 93.8 Å². The van der Waals surface area contributed by atoms with Crippen molar-refractivity contribution in [1.29, 1.82) is 0 Å². The van der Waals surface area contributed by atoms with Gasteiger partial charge in [-0.05, 0) is 53.6 Å². The highest BCUT2D eigenvalue weighted by atomic mass is 79.9. The molecule has 158 valence electrons. The minimum atomic E-state index is -0.455. The van der Waals surface area contributed by atoms with Crippen molar-refractivity contribution in [3.05, 3.63) is 103 Å². The highest BCUT2D eigenvalue weighted by Crippen LogP contribution is 2.23. The molecule has 9 heteroatoms. The molecule has 0 unspecified atom stereocenters. The first kappa shape index (κ1) is 22.5. The number of ether oxygens (including phenoxy) is 1. The minimum Gasteiger partial charge on any atom is -0.488 e. The molecular weight excluding hydrogens is 486 g/mol. The number of halogens is 2. The third-order valence-corrected chi connectivity index (χ3v) is 4.95. The van der Waals surface area contributed by atoms with E-state index in [4.69, 9.17) is 16.3 Å². The normalized spacial score (nSPS) is 10.8. The van der Waals surface area contributed by atoms with Crippen molar-refractivity contribution < 1.29 is 14.5 Å². The average Bonchev–Trinajstić information content (AvgIpc) is 2.75. The van der Waals surface area contributed by atoms with Gasteiger partial charge in [0.2, 0.25) is 5.91 Å². The Kier molecular flexibility index (Phi) is 7.75. The molecule has 0 bridgehead atoms. The first-order chi connectivity index (χ1) is 14.9. The molecule has 31 heavy (non-hydrogen) atoms. The molecule has 3 rings (SSSR count). The Labute approximate surface area is 192 Å². The summed E-state index contributed by atoms with van der Waals surface area (Å²) in [4.78, 5) is 22.4. The van der Waals surface area contributed by atoms with Crippen LogP contribution in [0.25, 0.3) is 0 Å². The maximum atomic E-state index is 12.1. The van der Waals surface area contributed by atoms with Crippen molar-refractivity contribution >= 4 is 45.3 Å². The van der Waals surface area contributed by atoms with Crippen molar-refractivity contribution in [1.82, 2.24) is 5.43 Å². The molecule has 1 amide bonds. The summed E-state index contributed by atoms with van der Waals surface area (Å²) < 4.78 is 6.75. The van der Waals surface area contributed by atoms with Gasteiger partial charge in [0.25, 0.3) is 5.69 Å². The van der Waals surface area contributed by atoms with Crippen LogP contribution in [-0.4, -0.2) is 17.0 Å². The molecule has 3 aromatic rings. The van der Waals surface area contributed by atoms with Crippen LogP contribution < -0.4 is 10.2 Å². The second-order valence-corrected chi connectivity index (χ2v) is 7.84. The minimum absolute atomic E-state index is 0.0157. The van der Waals surface area contributed by atoms with Gasteiger partial charge in [-0.1, -0.05) is 39.7 Å². The molecule has 0 atom stereocenters. The summed E-state index contributed by atoms with van der Waals surface area (Å²) in [6, 6.07) is 18.6. The number of nitro groups is 1. The predicted octanol–water partition coefficient (Wildman–Crippen LogP) is 5.28. The number of hydrazone groups is 1. The SMILES string of the molecule is O=C(Cc1ccc(Br)cc1)N/N=C/c1cc(Cl)ccc1OCc1ccc([N+](=O)[O-])cc1. The Morgan fingerprint density at radius 3 is 2.45 bits per heavy atom. The lowest BCUT2D eigenvalue weighted by Crippen LogP contribution is -2.19. The number of carbonyl (C=O) groups excluding carboxylic acids is 1. The van der Waals surface area contributed by atoms with Crippen molar-refractivity contribution in [3.8, 4) is 5.75 Å². The molecule has 0 aromatic heterocycles. The van der Waals surface area contributed by atoms with Gasteiger partial charge in [-0.25, -0.2) is 5.43 Å². The second kappa shape index (κ2) is 10.7. The molecule has 1 N–H and O–H groups in total. The second-order valence-electron chi connectivity index (χ2n) is 6.49. The van der Waals surface area contributed by atoms with E-state index in [1.165, 1.54) is 18.3 Å². The van der Waals surface area contributed by atoms with Gasteiger partial charge in [0.15, 0.2) is 0 Å². The first-order valence-electron chi connectivity index (χ1n) is 9.13. The third kappa shape index (κ3) is 6.91. The Hall–Kier alpha value is -3.23. The Bertz CT molecular complexity index is 1100. The summed E-state index contributed by atoms with van der Waals surface area (Å²) in [5.74, 6) is 0.252. The molecule has 7 nitrogen and oxygen atoms in total. The van der Waals surface area contributed by atoms with Gasteiger partial charge in [-0.15, -0.1) is 0 Å². The molecule has 3 aromatic carbocycles. The smallest absolute Gasteiger partial charge is 0.269 e. The van der Waals surface area contributed by atoms with Gasteiger partial charge in [-0.3, -0.25) is 14.9 Å². The average molecular weight is 503 g/mol. The Morgan fingerprint density at radius 1 is 1.10 bits per heavy atom. The third-order valence-electron chi connectivity index (χ3n) is 4.18. The van der Waals surface area contributed by atoms with E-state index in [-0.39, 0.29) is 24.6 Å². The number of non-ortho nitro benzene ring substituents is 1. The molecular formula is C22H17BrClN3O4. The maximum Gasteiger partial charge on any atom is 0.269 e. The number of benzene rings is 3. The maximum absolute atomic E-state index is 12.1. The summed E-state index contributed by atoms with van der Waals surface area (Å²) in [7, 11) is 0. The fourth-order valence-electron chi connectivity index (χ4n) is 2.63. The standard InChI is InChI=1S/C22H17BrClN3O4/c23-18-5-1-15(2-6-18)11-22(28)26-25-13-17-12-19(24)7-10-21(17)31-14-16-3-8-20(9-4-16)27(29)30/h1-10,12-13H,11,14H2,(H,26,28)/b25-13+. The molecule has 0 aliphatic heterocycles. The van der Waals surface area contributed by atoms with Crippen LogP contribution in [0.3, 0.4) is 0 Å². The lowest BCUT2D eigenvalue weighted by Gasteiger charge is -2.09. The molecule has 0 aliphatic carbocycles. The van der Waals surface area contributed by atoms with Crippen LogP contribution in [0.15, 0.2) is 76.3 Å². The predicted molar refractivity (Wildman–Crippen MR) is 122 cm³/mol. The molecule has 0 heterocycles. The molecule has 0 saturated carbocycles. The van der Waals surface area contributed by atoms with E-state index in [9.17, 15) is 14.9 Å². The van der Waals surface area contributed by atoms with Gasteiger partial charge in [0.1, 0.15) is 12.4 Å². The van der Waals surface area contributed by atoms with Gasteiger partial charge in [0, 0.05) is 27.2 Å². The van der Waals surface area contributed by atoms with Crippen molar-refractivity contribution in [3.63, 3.8) is 0 Å². The van der Waals surface area contributed by atoms with Crippen molar-refractivity contribution in [2.24, 2.45) is 5.10 Å². The summed E-state index contributed by atoms with van der Waals surface area (Å²) in [5, 5.41) is 15.2. The van der Waals surface area contributed by atoms with E-state index in [0.29, 0.717) is 16.3 Å². The van der Waals surface area contributed by atoms with Crippen LogP contribution >= 0.6 is 27.5 Å². The van der Waals surface area contributed by atoms with Crippen LogP contribution in [0, 0.1) is 10.1 Å². The zero-order valence-electron chi connectivity index (χ0n) is 16.1. The number of nitrogens with one attached hydrogen (secondary N) is 1. The summed E-state index contributed by atoms with van der Waals surface area (Å²) in [5.41, 5.74) is 4.72. The van der Waals surface area contributed by atoms with Gasteiger partial charge >= 0.3 is 0 Å². The Balaban J connectivity index is 1.61. The number of nitrogens with zero attached hydrogens (tertiary/aromatic N) is 2. The fraction of sp³-hybridized carbons (Fsp3) is 0.0909. The lowest BCUT2D eigenvalue weighted by molar-refractivity contribution is -0.384. The zero-order chi connectivity index (χ0) is 22.2. The van der Waals surface area contributed by atoms with E-state index in [1.54, 1.807) is 30.3 Å². The van der Waals surface area contributed by atoms with E-state index in [0.717, 1.165) is 15.6 Å². The largest absolute Gasteiger partial charge is 0.488 e. The van der Waals surface area contributed by atoms with Gasteiger partial charge < -0.3 is 4.74 Å². The number of amides is 1. The van der Waals surface area contributed by atoms with Crippen LogP contribution in [0.2, 0.25) is 5.02 Å². The molecule has 0 radical (unpaired) electrons. The monoisotopic (exact) mass is 501 g/mol. The van der Waals surface area contributed by atoms with Gasteiger partial charge in [0.05, 0.1) is 17.6 Å². The van der Waals surface area contributed by atoms with Crippen molar-refractivity contribution in [2.45, 2.75) is 13.0 Å². The van der Waals surface area contributed by atoms with E-state index in [2.05, 4.69) is 26.5 Å². The summed E-state index contributed by atoms with van der Waals surface area (Å²) in [6.45, 7) is 0.205. The molecule has 0 fully saturated rings. The molecule has 0 saturated heterocycles. The number of nitro benzene ring substituents is 1. The lowest BCUT2D eigenvalue weighted by atomic mass is 10.1. The Morgan fingerprint density at radius 2 is 1.77 bits per heavy atom. The summed E-state index contributed by atoms with van der Waals surface area (Å²) >= 11 is 9.43. The summed E-state index contributed by atoms with van der Waals surface area (Å²) in [6.07, 6.45) is 1.65. The van der Waals surface area contributed by atoms with Crippen LogP contribution in [0.4, 0.5) is 5.69 Å². The van der Waals surface area contributed by atoms with E-state index < -0.39 is 4.92 Å². The number of rotatable bonds is 8. The number of hydrogen-bond donors (Lipinski definition) is 1. The first-order valence-corrected chi connectivity index (χ1v) is 10.3. The van der Waals surface area contributed by atoms with Crippen molar-refractivity contribution in [2.75, 3.05) is 0 Å².